The highest BCUT2D eigenvalue weighted by Crippen LogP contribution is 2.39. The van der Waals surface area contributed by atoms with Crippen LogP contribution in [0.3, 0.4) is 0 Å². The SMILES string of the molecule is N=C(N)Cc1nc(C2CC2)n2ccccc12. The summed E-state index contributed by atoms with van der Waals surface area (Å²) in [5.74, 6) is 1.91. The van der Waals surface area contributed by atoms with Gasteiger partial charge in [-0.2, -0.15) is 0 Å². The molecule has 0 atom stereocenters. The van der Waals surface area contributed by atoms with Crippen molar-refractivity contribution in [2.75, 3.05) is 0 Å². The van der Waals surface area contributed by atoms with Gasteiger partial charge in [-0.15, -0.1) is 0 Å². The molecule has 0 radical (unpaired) electrons. The molecule has 82 valence electrons. The molecule has 1 aliphatic carbocycles. The molecule has 0 aliphatic heterocycles. The number of nitrogens with zero attached hydrogens (tertiary/aromatic N) is 2. The van der Waals surface area contributed by atoms with Crippen LogP contribution in [0.1, 0.15) is 30.3 Å². The minimum absolute atomic E-state index is 0.172. The van der Waals surface area contributed by atoms with Crippen molar-refractivity contribution in [2.45, 2.75) is 25.2 Å². The molecule has 0 unspecified atom stereocenters. The van der Waals surface area contributed by atoms with E-state index in [0.717, 1.165) is 17.0 Å². The number of fused-ring (bicyclic) bond motifs is 1. The molecule has 0 spiro atoms. The summed E-state index contributed by atoms with van der Waals surface area (Å²) in [6.07, 6.45) is 4.95. The smallest absolute Gasteiger partial charge is 0.116 e. The molecule has 2 aromatic rings. The van der Waals surface area contributed by atoms with Crippen molar-refractivity contribution in [1.82, 2.24) is 9.38 Å². The van der Waals surface area contributed by atoms with E-state index in [9.17, 15) is 0 Å². The first-order valence-electron chi connectivity index (χ1n) is 5.54. The molecule has 4 nitrogen and oxygen atoms in total. The van der Waals surface area contributed by atoms with Gasteiger partial charge in [0, 0.05) is 18.5 Å². The Morgan fingerprint density at radius 2 is 2.31 bits per heavy atom. The van der Waals surface area contributed by atoms with E-state index in [1.54, 1.807) is 0 Å². The van der Waals surface area contributed by atoms with Crippen LogP contribution in [0.5, 0.6) is 0 Å². The summed E-state index contributed by atoms with van der Waals surface area (Å²) in [4.78, 5) is 4.63. The highest BCUT2D eigenvalue weighted by Gasteiger charge is 2.28. The molecule has 1 saturated carbocycles. The van der Waals surface area contributed by atoms with Crippen LogP contribution < -0.4 is 5.73 Å². The van der Waals surface area contributed by atoms with Crippen LogP contribution in [0.15, 0.2) is 24.4 Å². The topological polar surface area (TPSA) is 67.2 Å². The van der Waals surface area contributed by atoms with Crippen molar-refractivity contribution < 1.29 is 0 Å². The van der Waals surface area contributed by atoms with Crippen LogP contribution in [-0.4, -0.2) is 15.2 Å². The Morgan fingerprint density at radius 1 is 1.50 bits per heavy atom. The Kier molecular flexibility index (Phi) is 1.96. The number of imidazole rings is 1. The predicted octanol–water partition coefficient (Wildman–Crippen LogP) is 1.69. The fourth-order valence-electron chi connectivity index (χ4n) is 2.07. The molecule has 1 fully saturated rings. The fraction of sp³-hybridized carbons (Fsp3) is 0.333. The summed E-state index contributed by atoms with van der Waals surface area (Å²) in [5.41, 5.74) is 7.46. The zero-order valence-electron chi connectivity index (χ0n) is 8.98. The van der Waals surface area contributed by atoms with Gasteiger partial charge in [0.15, 0.2) is 0 Å². The lowest BCUT2D eigenvalue weighted by molar-refractivity contribution is 0.914. The molecule has 2 heterocycles. The molecule has 16 heavy (non-hydrogen) atoms. The normalized spacial score (nSPS) is 15.5. The van der Waals surface area contributed by atoms with E-state index in [1.165, 1.54) is 12.8 Å². The lowest BCUT2D eigenvalue weighted by Gasteiger charge is -1.97. The first kappa shape index (κ1) is 9.39. The number of rotatable bonds is 3. The maximum absolute atomic E-state index is 7.37. The average molecular weight is 214 g/mol. The Labute approximate surface area is 93.6 Å². The van der Waals surface area contributed by atoms with Crippen molar-refractivity contribution in [2.24, 2.45) is 5.73 Å². The maximum atomic E-state index is 7.37. The van der Waals surface area contributed by atoms with E-state index >= 15 is 0 Å². The average Bonchev–Trinajstić information content (AvgIpc) is 3.03. The number of pyridine rings is 1. The van der Waals surface area contributed by atoms with Crippen molar-refractivity contribution >= 4 is 11.4 Å². The van der Waals surface area contributed by atoms with Crippen LogP contribution >= 0.6 is 0 Å². The third-order valence-corrected chi connectivity index (χ3v) is 2.95. The Balaban J connectivity index is 2.16. The standard InChI is InChI=1S/C12H14N4/c13-11(14)7-9-10-3-1-2-6-16(10)12(15-9)8-4-5-8/h1-3,6,8H,4-5,7H2,(H3,13,14). The molecule has 1 aliphatic rings. The third kappa shape index (κ3) is 1.46. The number of hydrogen-bond donors (Lipinski definition) is 2. The summed E-state index contributed by atoms with van der Waals surface area (Å²) < 4.78 is 2.13. The van der Waals surface area contributed by atoms with Gasteiger partial charge >= 0.3 is 0 Å². The van der Waals surface area contributed by atoms with Crippen LogP contribution in [0.2, 0.25) is 0 Å². The van der Waals surface area contributed by atoms with Crippen molar-refractivity contribution in [1.29, 1.82) is 5.41 Å². The third-order valence-electron chi connectivity index (χ3n) is 2.95. The van der Waals surface area contributed by atoms with E-state index in [0.29, 0.717) is 12.3 Å². The number of amidine groups is 1. The van der Waals surface area contributed by atoms with Gasteiger partial charge in [0.2, 0.25) is 0 Å². The van der Waals surface area contributed by atoms with Crippen LogP contribution in [-0.2, 0) is 6.42 Å². The molecule has 0 bridgehead atoms. The van der Waals surface area contributed by atoms with E-state index in [-0.39, 0.29) is 5.84 Å². The van der Waals surface area contributed by atoms with Crippen molar-refractivity contribution in [3.63, 3.8) is 0 Å². The number of hydrogen-bond acceptors (Lipinski definition) is 2. The second-order valence-electron chi connectivity index (χ2n) is 4.35. The van der Waals surface area contributed by atoms with Gasteiger partial charge in [-0.1, -0.05) is 6.07 Å². The molecule has 0 aromatic carbocycles. The van der Waals surface area contributed by atoms with E-state index in [4.69, 9.17) is 11.1 Å². The van der Waals surface area contributed by atoms with Gasteiger partial charge in [0.1, 0.15) is 5.82 Å². The highest BCUT2D eigenvalue weighted by atomic mass is 15.0. The molecular weight excluding hydrogens is 200 g/mol. The summed E-state index contributed by atoms with van der Waals surface area (Å²) >= 11 is 0. The minimum Gasteiger partial charge on any atom is -0.387 e. The fourth-order valence-corrected chi connectivity index (χ4v) is 2.07. The Morgan fingerprint density at radius 3 is 3.00 bits per heavy atom. The first-order valence-corrected chi connectivity index (χ1v) is 5.54. The van der Waals surface area contributed by atoms with Crippen LogP contribution in [0.25, 0.3) is 5.52 Å². The quantitative estimate of drug-likeness (QED) is 0.603. The second kappa shape index (κ2) is 3.33. The predicted molar refractivity (Wildman–Crippen MR) is 62.8 cm³/mol. The van der Waals surface area contributed by atoms with E-state index in [1.807, 2.05) is 24.4 Å². The number of aromatic nitrogens is 2. The lowest BCUT2D eigenvalue weighted by atomic mass is 10.2. The van der Waals surface area contributed by atoms with Gasteiger partial charge < -0.3 is 10.1 Å². The van der Waals surface area contributed by atoms with Gasteiger partial charge in [-0.3, -0.25) is 5.41 Å². The largest absolute Gasteiger partial charge is 0.387 e. The Hall–Kier alpha value is -1.84. The lowest BCUT2D eigenvalue weighted by Crippen LogP contribution is -2.13. The molecule has 4 heteroatoms. The monoisotopic (exact) mass is 214 g/mol. The van der Waals surface area contributed by atoms with Crippen molar-refractivity contribution in [3.8, 4) is 0 Å². The minimum atomic E-state index is 0.172. The molecular formula is C12H14N4. The molecule has 2 aromatic heterocycles. The molecule has 0 amide bonds. The highest BCUT2D eigenvalue weighted by molar-refractivity contribution is 5.81. The first-order chi connectivity index (χ1) is 7.75. The number of nitrogens with two attached hydrogens (primary N) is 1. The zero-order valence-corrected chi connectivity index (χ0v) is 8.98. The second-order valence-corrected chi connectivity index (χ2v) is 4.35. The van der Waals surface area contributed by atoms with Gasteiger partial charge in [-0.05, 0) is 25.0 Å². The van der Waals surface area contributed by atoms with E-state index in [2.05, 4.69) is 9.38 Å². The number of nitrogens with one attached hydrogen (secondary N) is 1. The summed E-state index contributed by atoms with van der Waals surface area (Å²) in [6.45, 7) is 0. The van der Waals surface area contributed by atoms with Gasteiger partial charge in [0.25, 0.3) is 0 Å². The molecule has 0 saturated heterocycles. The maximum Gasteiger partial charge on any atom is 0.116 e. The Bertz CT molecular complexity index is 551. The van der Waals surface area contributed by atoms with E-state index < -0.39 is 0 Å². The van der Waals surface area contributed by atoms with Crippen molar-refractivity contribution in [3.05, 3.63) is 35.9 Å². The molecule has 3 N–H and O–H groups in total. The zero-order chi connectivity index (χ0) is 11.1. The van der Waals surface area contributed by atoms with Crippen LogP contribution in [0, 0.1) is 5.41 Å². The van der Waals surface area contributed by atoms with Gasteiger partial charge in [0.05, 0.1) is 17.0 Å². The summed E-state index contributed by atoms with van der Waals surface area (Å²) in [5, 5.41) is 7.37. The summed E-state index contributed by atoms with van der Waals surface area (Å²) in [6, 6.07) is 6.05. The summed E-state index contributed by atoms with van der Waals surface area (Å²) in [7, 11) is 0. The van der Waals surface area contributed by atoms with Crippen LogP contribution in [0.4, 0.5) is 0 Å². The molecule has 3 rings (SSSR count). The van der Waals surface area contributed by atoms with Gasteiger partial charge in [-0.25, -0.2) is 4.98 Å².